The summed E-state index contributed by atoms with van der Waals surface area (Å²) in [6.07, 6.45) is 1.42. The van der Waals surface area contributed by atoms with Gasteiger partial charge in [-0.05, 0) is 18.4 Å². The van der Waals surface area contributed by atoms with Gasteiger partial charge < -0.3 is 5.73 Å². The topological polar surface area (TPSA) is 51.8 Å². The summed E-state index contributed by atoms with van der Waals surface area (Å²) < 4.78 is 0. The van der Waals surface area contributed by atoms with Crippen LogP contribution in [0.4, 0.5) is 5.82 Å². The Morgan fingerprint density at radius 1 is 1.43 bits per heavy atom. The van der Waals surface area contributed by atoms with Crippen molar-refractivity contribution in [3.8, 4) is 11.3 Å². The normalized spacial score (nSPS) is 10.4. The Labute approximate surface area is 90.6 Å². The van der Waals surface area contributed by atoms with Gasteiger partial charge in [-0.3, -0.25) is 0 Å². The highest BCUT2D eigenvalue weighted by atomic mass is 35.5. The second-order valence-electron chi connectivity index (χ2n) is 2.81. The molecule has 0 bridgehead atoms. The van der Waals surface area contributed by atoms with Gasteiger partial charge in [0.05, 0.1) is 5.69 Å². The lowest BCUT2D eigenvalue weighted by Gasteiger charge is -2.03. The van der Waals surface area contributed by atoms with E-state index in [0.29, 0.717) is 16.5 Å². The molecule has 0 fully saturated rings. The summed E-state index contributed by atoms with van der Waals surface area (Å²) in [6, 6.07) is 1.98. The van der Waals surface area contributed by atoms with Crippen molar-refractivity contribution in [1.82, 2.24) is 9.97 Å². The minimum Gasteiger partial charge on any atom is -0.382 e. The summed E-state index contributed by atoms with van der Waals surface area (Å²) in [5.41, 5.74) is 7.33. The van der Waals surface area contributed by atoms with Crippen LogP contribution >= 0.6 is 22.9 Å². The van der Waals surface area contributed by atoms with E-state index in [1.807, 2.05) is 18.4 Å². The molecular weight excluding hydrogens is 218 g/mol. The fourth-order valence-electron chi connectivity index (χ4n) is 1.20. The molecule has 72 valence electrons. The molecule has 0 unspecified atom stereocenters. The maximum Gasteiger partial charge on any atom is 0.146 e. The fraction of sp³-hybridized carbons (Fsp3) is 0.111. The lowest BCUT2D eigenvalue weighted by atomic mass is 10.2. The monoisotopic (exact) mass is 225 g/mol. The van der Waals surface area contributed by atoms with Crippen LogP contribution in [0.5, 0.6) is 0 Å². The molecule has 2 N–H and O–H groups in total. The van der Waals surface area contributed by atoms with Gasteiger partial charge in [-0.25, -0.2) is 9.97 Å². The number of rotatable bonds is 1. The van der Waals surface area contributed by atoms with E-state index in [0.717, 1.165) is 5.56 Å². The number of hydrogen-bond acceptors (Lipinski definition) is 4. The molecule has 2 aromatic heterocycles. The van der Waals surface area contributed by atoms with E-state index >= 15 is 0 Å². The summed E-state index contributed by atoms with van der Waals surface area (Å²) in [5.74, 6) is 0.322. The SMILES string of the molecule is Cc1sccc1-c1ncnc(N)c1Cl. The van der Waals surface area contributed by atoms with Gasteiger partial charge in [0.2, 0.25) is 0 Å². The van der Waals surface area contributed by atoms with E-state index in [4.69, 9.17) is 17.3 Å². The molecule has 0 aliphatic carbocycles. The molecule has 0 aromatic carbocycles. The van der Waals surface area contributed by atoms with E-state index in [-0.39, 0.29) is 0 Å². The number of nitrogens with two attached hydrogens (primary N) is 1. The van der Waals surface area contributed by atoms with E-state index in [9.17, 15) is 0 Å². The first-order chi connectivity index (χ1) is 6.70. The smallest absolute Gasteiger partial charge is 0.146 e. The van der Waals surface area contributed by atoms with Gasteiger partial charge in [0, 0.05) is 10.4 Å². The number of aryl methyl sites for hydroxylation is 1. The number of halogens is 1. The molecule has 2 heterocycles. The minimum absolute atomic E-state index is 0.322. The number of aromatic nitrogens is 2. The van der Waals surface area contributed by atoms with Crippen molar-refractivity contribution in [3.63, 3.8) is 0 Å². The highest BCUT2D eigenvalue weighted by Gasteiger charge is 2.11. The van der Waals surface area contributed by atoms with Crippen LogP contribution in [-0.2, 0) is 0 Å². The molecule has 0 spiro atoms. The second-order valence-corrected chi connectivity index (χ2v) is 4.31. The predicted octanol–water partition coefficient (Wildman–Crippen LogP) is 2.75. The van der Waals surface area contributed by atoms with Gasteiger partial charge in [-0.2, -0.15) is 0 Å². The second kappa shape index (κ2) is 3.55. The third kappa shape index (κ3) is 1.47. The Kier molecular flexibility index (Phi) is 2.39. The first-order valence-electron chi connectivity index (χ1n) is 4.00. The number of hydrogen-bond donors (Lipinski definition) is 1. The van der Waals surface area contributed by atoms with Crippen LogP contribution in [0.3, 0.4) is 0 Å². The fourth-order valence-corrected chi connectivity index (χ4v) is 2.10. The first-order valence-corrected chi connectivity index (χ1v) is 5.26. The van der Waals surface area contributed by atoms with E-state index < -0.39 is 0 Å². The molecule has 0 atom stereocenters. The van der Waals surface area contributed by atoms with Crippen molar-refractivity contribution in [2.24, 2.45) is 0 Å². The third-order valence-corrected chi connectivity index (χ3v) is 3.15. The molecular formula is C9H8ClN3S. The van der Waals surface area contributed by atoms with Crippen LogP contribution in [0, 0.1) is 6.92 Å². The number of anilines is 1. The Morgan fingerprint density at radius 3 is 2.86 bits per heavy atom. The number of thiophene rings is 1. The molecule has 0 aliphatic heterocycles. The van der Waals surface area contributed by atoms with Crippen molar-refractivity contribution < 1.29 is 0 Å². The molecule has 0 saturated carbocycles. The highest BCUT2D eigenvalue weighted by molar-refractivity contribution is 7.10. The molecule has 14 heavy (non-hydrogen) atoms. The summed E-state index contributed by atoms with van der Waals surface area (Å²) in [7, 11) is 0. The maximum atomic E-state index is 6.01. The van der Waals surface area contributed by atoms with Crippen LogP contribution in [0.25, 0.3) is 11.3 Å². The van der Waals surface area contributed by atoms with Crippen molar-refractivity contribution in [3.05, 3.63) is 27.7 Å². The van der Waals surface area contributed by atoms with Gasteiger partial charge in [0.15, 0.2) is 0 Å². The molecule has 2 rings (SSSR count). The summed E-state index contributed by atoms with van der Waals surface area (Å²) in [4.78, 5) is 9.11. The van der Waals surface area contributed by atoms with Crippen LogP contribution in [0.2, 0.25) is 5.02 Å². The van der Waals surface area contributed by atoms with Gasteiger partial charge in [-0.15, -0.1) is 11.3 Å². The molecule has 0 aliphatic rings. The minimum atomic E-state index is 0.322. The van der Waals surface area contributed by atoms with Gasteiger partial charge >= 0.3 is 0 Å². The van der Waals surface area contributed by atoms with Gasteiger partial charge in [0.1, 0.15) is 17.2 Å². The van der Waals surface area contributed by atoms with E-state index in [1.165, 1.54) is 11.2 Å². The molecule has 0 radical (unpaired) electrons. The standard InChI is InChI=1S/C9H8ClN3S/c1-5-6(2-3-14-5)8-7(10)9(11)13-4-12-8/h2-4H,1H3,(H2,11,12,13). The van der Waals surface area contributed by atoms with Crippen molar-refractivity contribution in [2.75, 3.05) is 5.73 Å². The Hall–Kier alpha value is -1.13. The van der Waals surface area contributed by atoms with Crippen LogP contribution in [-0.4, -0.2) is 9.97 Å². The van der Waals surface area contributed by atoms with Crippen molar-refractivity contribution in [2.45, 2.75) is 6.92 Å². The molecule has 5 heteroatoms. The molecule has 0 amide bonds. The zero-order valence-electron chi connectivity index (χ0n) is 7.49. The van der Waals surface area contributed by atoms with E-state index in [1.54, 1.807) is 11.3 Å². The van der Waals surface area contributed by atoms with Crippen LogP contribution < -0.4 is 5.73 Å². The first kappa shape index (κ1) is 9.43. The Morgan fingerprint density at radius 2 is 2.21 bits per heavy atom. The van der Waals surface area contributed by atoms with Gasteiger partial charge in [0.25, 0.3) is 0 Å². The molecule has 2 aromatic rings. The summed E-state index contributed by atoms with van der Waals surface area (Å²) in [5, 5.41) is 2.42. The Balaban J connectivity index is 2.63. The third-order valence-electron chi connectivity index (χ3n) is 1.93. The molecule has 0 saturated heterocycles. The highest BCUT2D eigenvalue weighted by Crippen LogP contribution is 2.32. The zero-order chi connectivity index (χ0) is 10.1. The maximum absolute atomic E-state index is 6.01. The molecule has 3 nitrogen and oxygen atoms in total. The average molecular weight is 226 g/mol. The van der Waals surface area contributed by atoms with Crippen molar-refractivity contribution >= 4 is 28.8 Å². The van der Waals surface area contributed by atoms with Crippen molar-refractivity contribution in [1.29, 1.82) is 0 Å². The average Bonchev–Trinajstić information content (AvgIpc) is 2.57. The number of nitrogen functional groups attached to an aromatic ring is 1. The lowest BCUT2D eigenvalue weighted by molar-refractivity contribution is 1.18. The summed E-state index contributed by atoms with van der Waals surface area (Å²) in [6.45, 7) is 2.02. The predicted molar refractivity (Wildman–Crippen MR) is 59.5 cm³/mol. The van der Waals surface area contributed by atoms with E-state index in [2.05, 4.69) is 9.97 Å². The Bertz CT molecular complexity index is 467. The van der Waals surface area contributed by atoms with Crippen LogP contribution in [0.1, 0.15) is 4.88 Å². The van der Waals surface area contributed by atoms with Gasteiger partial charge in [-0.1, -0.05) is 11.6 Å². The summed E-state index contributed by atoms with van der Waals surface area (Å²) >= 11 is 7.67. The van der Waals surface area contributed by atoms with Crippen LogP contribution in [0.15, 0.2) is 17.8 Å². The lowest BCUT2D eigenvalue weighted by Crippen LogP contribution is -1.95. The zero-order valence-corrected chi connectivity index (χ0v) is 9.06. The largest absolute Gasteiger partial charge is 0.382 e. The number of nitrogens with zero attached hydrogens (tertiary/aromatic N) is 2. The quantitative estimate of drug-likeness (QED) is 0.812.